The topological polar surface area (TPSA) is 38.2 Å². The zero-order valence-electron chi connectivity index (χ0n) is 12.1. The normalized spacial score (nSPS) is 15.1. The highest BCUT2D eigenvalue weighted by Gasteiger charge is 2.30. The molecule has 1 aromatic heterocycles. The van der Waals surface area contributed by atoms with Gasteiger partial charge in [-0.1, -0.05) is 17.7 Å². The number of aryl methyl sites for hydroxylation is 3. The van der Waals surface area contributed by atoms with E-state index >= 15 is 0 Å². The maximum atomic E-state index is 5.94. The van der Waals surface area contributed by atoms with Crippen molar-refractivity contribution in [3.63, 3.8) is 0 Å². The van der Waals surface area contributed by atoms with Crippen LogP contribution in [-0.4, -0.2) is 29.2 Å². The predicted octanol–water partition coefficient (Wildman–Crippen LogP) is 2.67. The number of hydrogen-bond acceptors (Lipinski definition) is 4. The molecule has 4 heteroatoms. The lowest BCUT2D eigenvalue weighted by Gasteiger charge is -2.40. The Kier molecular flexibility index (Phi) is 3.30. The molecule has 2 aromatic rings. The molecule has 1 aliphatic heterocycles. The second-order valence-corrected chi connectivity index (χ2v) is 5.38. The average molecular weight is 269 g/mol. The van der Waals surface area contributed by atoms with Crippen LogP contribution in [0.2, 0.25) is 0 Å². The van der Waals surface area contributed by atoms with Crippen molar-refractivity contribution in [1.29, 1.82) is 0 Å². The van der Waals surface area contributed by atoms with Crippen LogP contribution in [0.5, 0.6) is 5.75 Å². The van der Waals surface area contributed by atoms with Gasteiger partial charge in [-0.15, -0.1) is 0 Å². The summed E-state index contributed by atoms with van der Waals surface area (Å²) in [4.78, 5) is 11.1. The van der Waals surface area contributed by atoms with Crippen LogP contribution in [0.3, 0.4) is 0 Å². The first-order valence-electron chi connectivity index (χ1n) is 6.90. The van der Waals surface area contributed by atoms with Gasteiger partial charge in [0, 0.05) is 6.20 Å². The van der Waals surface area contributed by atoms with Gasteiger partial charge in [0.25, 0.3) is 0 Å². The Morgan fingerprint density at radius 1 is 1.10 bits per heavy atom. The third-order valence-corrected chi connectivity index (χ3v) is 3.52. The second kappa shape index (κ2) is 5.12. The number of rotatable bonds is 3. The molecule has 20 heavy (non-hydrogen) atoms. The van der Waals surface area contributed by atoms with Gasteiger partial charge in [0.1, 0.15) is 11.9 Å². The molecule has 1 saturated heterocycles. The molecule has 1 aliphatic rings. The monoisotopic (exact) mass is 269 g/mol. The Morgan fingerprint density at radius 3 is 2.50 bits per heavy atom. The lowest BCUT2D eigenvalue weighted by molar-refractivity contribution is 0.166. The van der Waals surface area contributed by atoms with E-state index in [0.717, 1.165) is 36.0 Å². The van der Waals surface area contributed by atoms with Crippen molar-refractivity contribution in [3.05, 3.63) is 47.4 Å². The fourth-order valence-corrected chi connectivity index (χ4v) is 2.32. The maximum Gasteiger partial charge on any atom is 0.150 e. The summed E-state index contributed by atoms with van der Waals surface area (Å²) >= 11 is 0. The molecule has 104 valence electrons. The van der Waals surface area contributed by atoms with E-state index < -0.39 is 0 Å². The van der Waals surface area contributed by atoms with Gasteiger partial charge in [-0.25, -0.2) is 4.98 Å². The summed E-state index contributed by atoms with van der Waals surface area (Å²) in [7, 11) is 0. The largest absolute Gasteiger partial charge is 0.487 e. The van der Waals surface area contributed by atoms with Gasteiger partial charge in [-0.2, -0.15) is 0 Å². The predicted molar refractivity (Wildman–Crippen MR) is 79.3 cm³/mol. The Balaban J connectivity index is 1.61. The van der Waals surface area contributed by atoms with E-state index in [9.17, 15) is 0 Å². The minimum Gasteiger partial charge on any atom is -0.487 e. The van der Waals surface area contributed by atoms with Crippen molar-refractivity contribution in [1.82, 2.24) is 9.97 Å². The van der Waals surface area contributed by atoms with Crippen molar-refractivity contribution in [3.8, 4) is 5.75 Å². The Hall–Kier alpha value is -2.10. The molecule has 0 atom stereocenters. The second-order valence-electron chi connectivity index (χ2n) is 5.38. The average Bonchev–Trinajstić information content (AvgIpc) is 2.39. The van der Waals surface area contributed by atoms with Gasteiger partial charge in [-0.05, 0) is 32.9 Å². The van der Waals surface area contributed by atoms with Crippen molar-refractivity contribution >= 4 is 5.82 Å². The van der Waals surface area contributed by atoms with Crippen LogP contribution in [0, 0.1) is 20.8 Å². The Bertz CT molecular complexity index is 604. The van der Waals surface area contributed by atoms with Gasteiger partial charge < -0.3 is 9.64 Å². The van der Waals surface area contributed by atoms with Crippen LogP contribution in [0.1, 0.15) is 17.0 Å². The molecule has 0 spiro atoms. The van der Waals surface area contributed by atoms with Gasteiger partial charge in [0.15, 0.2) is 5.82 Å². The van der Waals surface area contributed by atoms with Crippen LogP contribution in [-0.2, 0) is 0 Å². The number of benzene rings is 1. The van der Waals surface area contributed by atoms with Gasteiger partial charge in [0.05, 0.1) is 24.5 Å². The van der Waals surface area contributed by atoms with Crippen molar-refractivity contribution in [2.24, 2.45) is 0 Å². The number of nitrogens with zero attached hydrogens (tertiary/aromatic N) is 3. The van der Waals surface area contributed by atoms with E-state index in [0.29, 0.717) is 0 Å². The highest BCUT2D eigenvalue weighted by atomic mass is 16.5. The molecule has 1 fully saturated rings. The first kappa shape index (κ1) is 12.9. The standard InChI is InChI=1S/C16H19N3O/c1-11-4-6-14(7-5-11)20-15-9-19(10-15)16-13(3)17-8-12(2)18-16/h4-8,15H,9-10H2,1-3H3. The summed E-state index contributed by atoms with van der Waals surface area (Å²) < 4.78 is 5.94. The first-order valence-corrected chi connectivity index (χ1v) is 6.90. The molecular weight excluding hydrogens is 250 g/mol. The summed E-state index contributed by atoms with van der Waals surface area (Å²) in [5.74, 6) is 1.92. The number of ether oxygens (including phenoxy) is 1. The van der Waals surface area contributed by atoms with Gasteiger partial charge in [-0.3, -0.25) is 4.98 Å². The smallest absolute Gasteiger partial charge is 0.150 e. The molecule has 0 aliphatic carbocycles. The van der Waals surface area contributed by atoms with Crippen molar-refractivity contribution < 1.29 is 4.74 Å². The maximum absolute atomic E-state index is 5.94. The van der Waals surface area contributed by atoms with Gasteiger partial charge >= 0.3 is 0 Å². The van der Waals surface area contributed by atoms with E-state index in [1.807, 2.05) is 26.0 Å². The summed E-state index contributed by atoms with van der Waals surface area (Å²) in [6.45, 7) is 7.78. The SMILES string of the molecule is Cc1ccc(OC2CN(c3nc(C)cnc3C)C2)cc1. The van der Waals surface area contributed by atoms with E-state index in [2.05, 4.69) is 33.9 Å². The summed E-state index contributed by atoms with van der Waals surface area (Å²) in [5.41, 5.74) is 3.18. The van der Waals surface area contributed by atoms with Crippen LogP contribution < -0.4 is 9.64 Å². The highest BCUT2D eigenvalue weighted by molar-refractivity contribution is 5.46. The van der Waals surface area contributed by atoms with Crippen molar-refractivity contribution in [2.45, 2.75) is 26.9 Å². The van der Waals surface area contributed by atoms with Crippen LogP contribution in [0.4, 0.5) is 5.82 Å². The van der Waals surface area contributed by atoms with Gasteiger partial charge in [0.2, 0.25) is 0 Å². The molecular formula is C16H19N3O. The molecule has 1 aromatic carbocycles. The third-order valence-electron chi connectivity index (χ3n) is 3.52. The summed E-state index contributed by atoms with van der Waals surface area (Å²) in [6, 6.07) is 8.19. The molecule has 0 bridgehead atoms. The quantitative estimate of drug-likeness (QED) is 0.858. The molecule has 3 rings (SSSR count). The number of hydrogen-bond donors (Lipinski definition) is 0. The fourth-order valence-electron chi connectivity index (χ4n) is 2.32. The highest BCUT2D eigenvalue weighted by Crippen LogP contribution is 2.24. The van der Waals surface area contributed by atoms with Crippen LogP contribution >= 0.6 is 0 Å². The molecule has 0 unspecified atom stereocenters. The first-order chi connectivity index (χ1) is 9.61. The van der Waals surface area contributed by atoms with Crippen LogP contribution in [0.15, 0.2) is 30.5 Å². The molecule has 0 radical (unpaired) electrons. The number of anilines is 1. The Morgan fingerprint density at radius 2 is 1.80 bits per heavy atom. The zero-order valence-corrected chi connectivity index (χ0v) is 12.1. The fraction of sp³-hybridized carbons (Fsp3) is 0.375. The lowest BCUT2D eigenvalue weighted by Crippen LogP contribution is -2.54. The minimum atomic E-state index is 0.236. The molecule has 2 heterocycles. The molecule has 0 saturated carbocycles. The minimum absolute atomic E-state index is 0.236. The van der Waals surface area contributed by atoms with Crippen molar-refractivity contribution in [2.75, 3.05) is 18.0 Å². The summed E-state index contributed by atoms with van der Waals surface area (Å²) in [5, 5.41) is 0. The lowest BCUT2D eigenvalue weighted by atomic mass is 10.1. The molecule has 0 amide bonds. The molecule has 0 N–H and O–H groups in total. The molecule has 4 nitrogen and oxygen atoms in total. The van der Waals surface area contributed by atoms with Crippen LogP contribution in [0.25, 0.3) is 0 Å². The summed E-state index contributed by atoms with van der Waals surface area (Å²) in [6.07, 6.45) is 2.04. The number of aromatic nitrogens is 2. The van der Waals surface area contributed by atoms with E-state index in [1.165, 1.54) is 5.56 Å². The van der Waals surface area contributed by atoms with E-state index in [-0.39, 0.29) is 6.10 Å². The third kappa shape index (κ3) is 2.59. The Labute approximate surface area is 119 Å². The van der Waals surface area contributed by atoms with E-state index in [1.54, 1.807) is 6.20 Å². The van der Waals surface area contributed by atoms with E-state index in [4.69, 9.17) is 4.74 Å². The zero-order chi connectivity index (χ0) is 14.1.